The lowest BCUT2D eigenvalue weighted by atomic mass is 9.76. The molecule has 0 aliphatic heterocycles. The summed E-state index contributed by atoms with van der Waals surface area (Å²) in [5.41, 5.74) is 2.60. The van der Waals surface area contributed by atoms with Gasteiger partial charge in [-0.2, -0.15) is 0 Å². The van der Waals surface area contributed by atoms with Crippen LogP contribution in [-0.4, -0.2) is 32.8 Å². The van der Waals surface area contributed by atoms with E-state index in [0.29, 0.717) is 10.0 Å². The number of sulfonamides is 1. The van der Waals surface area contributed by atoms with Gasteiger partial charge in [0.05, 0.1) is 27.6 Å². The van der Waals surface area contributed by atoms with Crippen LogP contribution in [0.25, 0.3) is 0 Å². The summed E-state index contributed by atoms with van der Waals surface area (Å²) in [5, 5.41) is 13.7. The van der Waals surface area contributed by atoms with Gasteiger partial charge in [0.15, 0.2) is 0 Å². The van der Waals surface area contributed by atoms with E-state index in [1.165, 1.54) is 0 Å². The fraction of sp³-hybridized carbons (Fsp3) is 0.316. The Hall–Kier alpha value is -1.51. The Morgan fingerprint density at radius 1 is 1.10 bits per heavy atom. The number of hydrogen-bond acceptors (Lipinski definition) is 4. The third-order valence-corrected chi connectivity index (χ3v) is 6.27. The van der Waals surface area contributed by atoms with Gasteiger partial charge >= 0.3 is 5.97 Å². The number of carboxylic acids is 1. The van der Waals surface area contributed by atoms with Crippen molar-refractivity contribution in [3.63, 3.8) is 0 Å². The Morgan fingerprint density at radius 3 is 2.34 bits per heavy atom. The van der Waals surface area contributed by atoms with Crippen LogP contribution in [0.3, 0.4) is 0 Å². The smallest absolute Gasteiger partial charge is 0.337 e. The molecule has 29 heavy (non-hydrogen) atoms. The van der Waals surface area contributed by atoms with Gasteiger partial charge in [0.1, 0.15) is 0 Å². The number of hydrogen-bond donors (Lipinski definition) is 3. The van der Waals surface area contributed by atoms with Crippen molar-refractivity contribution >= 4 is 57.3 Å². The highest BCUT2D eigenvalue weighted by Crippen LogP contribution is 2.44. The van der Waals surface area contributed by atoms with Crippen molar-refractivity contribution in [1.29, 1.82) is 0 Å². The van der Waals surface area contributed by atoms with Crippen LogP contribution < -0.4 is 10.0 Å². The van der Waals surface area contributed by atoms with Gasteiger partial charge < -0.3 is 10.4 Å². The molecule has 3 N–H and O–H groups in total. The summed E-state index contributed by atoms with van der Waals surface area (Å²) >= 11 is 12.2. The molecule has 0 amide bonds. The Morgan fingerprint density at radius 2 is 1.79 bits per heavy atom. The van der Waals surface area contributed by atoms with Crippen LogP contribution >= 0.6 is 35.6 Å². The van der Waals surface area contributed by atoms with E-state index >= 15 is 0 Å². The monoisotopic (exact) mass is 478 g/mol. The maximum atomic E-state index is 11.8. The first-order valence-corrected chi connectivity index (χ1v) is 11.3. The number of anilines is 1. The third kappa shape index (κ3) is 5.16. The molecular formula is C19H21Cl3N2O4S. The van der Waals surface area contributed by atoms with Crippen molar-refractivity contribution in [2.75, 3.05) is 18.0 Å². The van der Waals surface area contributed by atoms with Crippen molar-refractivity contribution in [2.24, 2.45) is 0 Å². The van der Waals surface area contributed by atoms with Gasteiger partial charge in [-0.25, -0.2) is 13.2 Å². The Kier molecular flexibility index (Phi) is 7.46. The normalized spacial score (nSPS) is 18.5. The van der Waals surface area contributed by atoms with Gasteiger partial charge in [-0.15, -0.1) is 12.4 Å². The highest BCUT2D eigenvalue weighted by atomic mass is 35.5. The highest BCUT2D eigenvalue weighted by Gasteiger charge is 2.30. The second-order valence-electron chi connectivity index (χ2n) is 6.85. The maximum absolute atomic E-state index is 11.8. The van der Waals surface area contributed by atoms with E-state index in [0.717, 1.165) is 35.8 Å². The van der Waals surface area contributed by atoms with E-state index in [9.17, 15) is 18.3 Å². The highest BCUT2D eigenvalue weighted by molar-refractivity contribution is 7.92. The molecule has 0 saturated carbocycles. The van der Waals surface area contributed by atoms with Crippen LogP contribution in [0, 0.1) is 0 Å². The van der Waals surface area contributed by atoms with E-state index in [4.69, 9.17) is 23.2 Å². The minimum atomic E-state index is -3.63. The average Bonchev–Trinajstić information content (AvgIpc) is 2.61. The van der Waals surface area contributed by atoms with E-state index in [1.54, 1.807) is 24.3 Å². The molecular weight excluding hydrogens is 459 g/mol. The van der Waals surface area contributed by atoms with Gasteiger partial charge in [-0.1, -0.05) is 29.3 Å². The fourth-order valence-electron chi connectivity index (χ4n) is 3.72. The number of fused-ring (bicyclic) bond motifs is 1. The number of carboxylic acid groups (broad SMARTS) is 1. The molecule has 2 aromatic rings. The molecule has 0 saturated heterocycles. The summed E-state index contributed by atoms with van der Waals surface area (Å²) in [5.74, 6) is -1.27. The number of aromatic carboxylic acids is 1. The summed E-state index contributed by atoms with van der Waals surface area (Å²) in [4.78, 5) is 11.8. The predicted molar refractivity (Wildman–Crippen MR) is 118 cm³/mol. The molecule has 0 aromatic heterocycles. The van der Waals surface area contributed by atoms with Crippen molar-refractivity contribution in [3.05, 3.63) is 62.6 Å². The van der Waals surface area contributed by atoms with Gasteiger partial charge in [0.25, 0.3) is 0 Å². The molecule has 1 aliphatic carbocycles. The first-order chi connectivity index (χ1) is 13.1. The second-order valence-corrected chi connectivity index (χ2v) is 9.41. The minimum Gasteiger partial charge on any atom is -0.478 e. The lowest BCUT2D eigenvalue weighted by Crippen LogP contribution is -2.25. The Bertz CT molecular complexity index is 1040. The van der Waals surface area contributed by atoms with Gasteiger partial charge in [0, 0.05) is 12.0 Å². The number of rotatable bonds is 5. The average molecular weight is 480 g/mol. The number of halogens is 3. The molecule has 0 spiro atoms. The Balaban J connectivity index is 0.00000300. The van der Waals surface area contributed by atoms with Gasteiger partial charge in [-0.3, -0.25) is 4.72 Å². The first kappa shape index (κ1) is 23.8. The molecule has 158 valence electrons. The molecule has 0 fully saturated rings. The van der Waals surface area contributed by atoms with E-state index < -0.39 is 16.0 Å². The standard InChI is InChI=1S/C19H20Cl2N2O4S.ClH/c1-22-17-6-4-11(10-3-5-15(20)16(21)7-10)12-8-14(19(24)25)18(9-13(12)17)23-28(2,26)27;/h3,5,7-9,11,17,22-23H,4,6H2,1-2H3,(H,24,25);1H/t11-,17-;/m0./s1. The summed E-state index contributed by atoms with van der Waals surface area (Å²) in [6, 6.07) is 8.55. The van der Waals surface area contributed by atoms with Crippen LogP contribution in [0.4, 0.5) is 5.69 Å². The van der Waals surface area contributed by atoms with E-state index in [1.807, 2.05) is 13.1 Å². The molecule has 3 rings (SSSR count). The third-order valence-electron chi connectivity index (χ3n) is 4.94. The molecule has 2 atom stereocenters. The quantitative estimate of drug-likeness (QED) is 0.579. The van der Waals surface area contributed by atoms with E-state index in [2.05, 4.69) is 10.0 Å². The van der Waals surface area contributed by atoms with Gasteiger partial charge in [0.2, 0.25) is 10.0 Å². The van der Waals surface area contributed by atoms with Crippen LogP contribution in [-0.2, 0) is 10.0 Å². The Labute approximate surface area is 186 Å². The minimum absolute atomic E-state index is 0. The van der Waals surface area contributed by atoms with Crippen molar-refractivity contribution in [1.82, 2.24) is 5.32 Å². The predicted octanol–water partition coefficient (Wildman–Crippen LogP) is 4.67. The van der Waals surface area contributed by atoms with Crippen LogP contribution in [0.5, 0.6) is 0 Å². The first-order valence-electron chi connectivity index (χ1n) is 8.62. The second kappa shape index (κ2) is 9.10. The lowest BCUT2D eigenvalue weighted by Gasteiger charge is -2.33. The molecule has 1 aliphatic rings. The van der Waals surface area contributed by atoms with E-state index in [-0.39, 0.29) is 35.6 Å². The zero-order valence-electron chi connectivity index (χ0n) is 15.7. The largest absolute Gasteiger partial charge is 0.478 e. The summed E-state index contributed by atoms with van der Waals surface area (Å²) < 4.78 is 25.7. The number of nitrogens with one attached hydrogen (secondary N) is 2. The lowest BCUT2D eigenvalue weighted by molar-refractivity contribution is 0.0698. The summed E-state index contributed by atoms with van der Waals surface area (Å²) in [7, 11) is -1.80. The van der Waals surface area contributed by atoms with Crippen LogP contribution in [0.1, 0.15) is 51.8 Å². The number of benzene rings is 2. The zero-order chi connectivity index (χ0) is 20.6. The molecule has 6 nitrogen and oxygen atoms in total. The van der Waals surface area contributed by atoms with Crippen molar-refractivity contribution in [3.8, 4) is 0 Å². The molecule has 0 unspecified atom stereocenters. The van der Waals surface area contributed by atoms with Crippen molar-refractivity contribution < 1.29 is 18.3 Å². The molecule has 0 bridgehead atoms. The maximum Gasteiger partial charge on any atom is 0.337 e. The molecule has 0 heterocycles. The van der Waals surface area contributed by atoms with Gasteiger partial charge in [-0.05, 0) is 60.8 Å². The molecule has 10 heteroatoms. The zero-order valence-corrected chi connectivity index (χ0v) is 18.8. The SMILES string of the molecule is CN[C@H]1CC[C@@H](c2ccc(Cl)c(Cl)c2)c2cc(C(=O)O)c(NS(C)(=O)=O)cc21.Cl. The van der Waals surface area contributed by atoms with Crippen molar-refractivity contribution in [2.45, 2.75) is 24.8 Å². The topological polar surface area (TPSA) is 95.5 Å². The van der Waals surface area contributed by atoms with Crippen LogP contribution in [0.15, 0.2) is 30.3 Å². The summed E-state index contributed by atoms with van der Waals surface area (Å²) in [6.45, 7) is 0. The number of carbonyl (C=O) groups is 1. The fourth-order valence-corrected chi connectivity index (χ4v) is 4.59. The molecule has 0 radical (unpaired) electrons. The summed E-state index contributed by atoms with van der Waals surface area (Å²) in [6.07, 6.45) is 2.58. The molecule has 2 aromatic carbocycles. The van der Waals surface area contributed by atoms with Crippen LogP contribution in [0.2, 0.25) is 10.0 Å².